The van der Waals surface area contributed by atoms with E-state index >= 15 is 0 Å². The Balaban J connectivity index is 1.83. The molecule has 0 radical (unpaired) electrons. The third kappa shape index (κ3) is 4.50. The largest absolute Gasteiger partial charge is 0.494 e. The van der Waals surface area contributed by atoms with Gasteiger partial charge in [0.1, 0.15) is 5.75 Å². The van der Waals surface area contributed by atoms with Crippen molar-refractivity contribution in [2.75, 3.05) is 20.2 Å². The van der Waals surface area contributed by atoms with Crippen LogP contribution in [0.15, 0.2) is 28.7 Å². The van der Waals surface area contributed by atoms with E-state index in [2.05, 4.69) is 28.3 Å². The first-order chi connectivity index (χ1) is 9.24. The fourth-order valence-electron chi connectivity index (χ4n) is 3.11. The van der Waals surface area contributed by atoms with Crippen molar-refractivity contribution >= 4 is 15.9 Å². The predicted octanol–water partition coefficient (Wildman–Crippen LogP) is 4.39. The van der Waals surface area contributed by atoms with Gasteiger partial charge in [0.05, 0.1) is 6.61 Å². The van der Waals surface area contributed by atoms with Crippen molar-refractivity contribution in [3.05, 3.63) is 28.7 Å². The van der Waals surface area contributed by atoms with E-state index < -0.39 is 0 Å². The smallest absolute Gasteiger partial charge is 0.119 e. The van der Waals surface area contributed by atoms with Gasteiger partial charge < -0.3 is 10.1 Å². The minimum Gasteiger partial charge on any atom is -0.494 e. The number of halogens is 1. The summed E-state index contributed by atoms with van der Waals surface area (Å²) in [6, 6.07) is 8.10. The maximum Gasteiger partial charge on any atom is 0.119 e. The van der Waals surface area contributed by atoms with Gasteiger partial charge in [0, 0.05) is 11.0 Å². The van der Waals surface area contributed by atoms with E-state index in [4.69, 9.17) is 4.74 Å². The Labute approximate surface area is 125 Å². The molecule has 106 valence electrons. The second-order valence-corrected chi connectivity index (χ2v) is 6.56. The Morgan fingerprint density at radius 1 is 1.16 bits per heavy atom. The quantitative estimate of drug-likeness (QED) is 0.837. The van der Waals surface area contributed by atoms with Gasteiger partial charge in [0.15, 0.2) is 0 Å². The fourth-order valence-corrected chi connectivity index (χ4v) is 3.37. The molecule has 1 aromatic rings. The molecule has 0 bridgehead atoms. The summed E-state index contributed by atoms with van der Waals surface area (Å²) in [6.07, 6.45) is 8.00. The number of ether oxygens (including phenoxy) is 1. The summed E-state index contributed by atoms with van der Waals surface area (Å²) in [6.45, 7) is 1.94. The summed E-state index contributed by atoms with van der Waals surface area (Å²) in [7, 11) is 2.06. The average molecular weight is 326 g/mol. The normalized spacial score (nSPS) is 18.2. The molecule has 0 aliphatic heterocycles. The number of benzene rings is 1. The van der Waals surface area contributed by atoms with E-state index in [1.54, 1.807) is 0 Å². The lowest BCUT2D eigenvalue weighted by Crippen LogP contribution is -2.36. The minimum absolute atomic E-state index is 0.461. The number of rotatable bonds is 6. The topological polar surface area (TPSA) is 21.3 Å². The molecule has 0 atom stereocenters. The maximum atomic E-state index is 5.89. The highest BCUT2D eigenvalue weighted by Gasteiger charge is 2.31. The number of hydrogen-bond acceptors (Lipinski definition) is 2. The fraction of sp³-hybridized carbons (Fsp3) is 0.625. The van der Waals surface area contributed by atoms with Gasteiger partial charge in [-0.25, -0.2) is 0 Å². The Hall–Kier alpha value is -0.540. The standard InChI is InChI=1S/C16H24BrNO/c1-18-13-16(9-3-2-4-10-16)11-12-19-15-7-5-14(17)6-8-15/h5-8,18H,2-4,9-13H2,1H3. The van der Waals surface area contributed by atoms with Gasteiger partial charge in [-0.2, -0.15) is 0 Å². The maximum absolute atomic E-state index is 5.89. The van der Waals surface area contributed by atoms with Crippen LogP contribution in [0.2, 0.25) is 0 Å². The third-order valence-electron chi connectivity index (χ3n) is 4.18. The van der Waals surface area contributed by atoms with Crippen LogP contribution in [0.3, 0.4) is 0 Å². The second kappa shape index (κ2) is 7.30. The van der Waals surface area contributed by atoms with E-state index in [0.29, 0.717) is 5.41 Å². The van der Waals surface area contributed by atoms with E-state index in [9.17, 15) is 0 Å². The number of hydrogen-bond donors (Lipinski definition) is 1. The van der Waals surface area contributed by atoms with Crippen LogP contribution in [-0.2, 0) is 0 Å². The summed E-state index contributed by atoms with van der Waals surface area (Å²) in [5.74, 6) is 0.971. The molecule has 3 heteroatoms. The molecule has 1 saturated carbocycles. The predicted molar refractivity (Wildman–Crippen MR) is 83.7 cm³/mol. The van der Waals surface area contributed by atoms with Crippen LogP contribution in [0, 0.1) is 5.41 Å². The summed E-state index contributed by atoms with van der Waals surface area (Å²) in [4.78, 5) is 0. The zero-order valence-corrected chi connectivity index (χ0v) is 13.3. The summed E-state index contributed by atoms with van der Waals surface area (Å²) >= 11 is 3.44. The molecule has 0 unspecified atom stereocenters. The Kier molecular flexibility index (Phi) is 5.71. The molecule has 1 aliphatic rings. The van der Waals surface area contributed by atoms with E-state index in [1.807, 2.05) is 24.3 Å². The SMILES string of the molecule is CNCC1(CCOc2ccc(Br)cc2)CCCCC1. The summed E-state index contributed by atoms with van der Waals surface area (Å²) in [5, 5.41) is 3.37. The van der Waals surface area contributed by atoms with Gasteiger partial charge in [-0.1, -0.05) is 35.2 Å². The van der Waals surface area contributed by atoms with Crippen LogP contribution in [0.4, 0.5) is 0 Å². The molecule has 2 nitrogen and oxygen atoms in total. The van der Waals surface area contributed by atoms with E-state index in [1.165, 1.54) is 32.1 Å². The molecule has 1 N–H and O–H groups in total. The Bertz CT molecular complexity index is 365. The molecule has 1 fully saturated rings. The van der Waals surface area contributed by atoms with Crippen molar-refractivity contribution in [1.29, 1.82) is 0 Å². The minimum atomic E-state index is 0.461. The van der Waals surface area contributed by atoms with Gasteiger partial charge in [0.2, 0.25) is 0 Å². The molecule has 0 saturated heterocycles. The van der Waals surface area contributed by atoms with Crippen LogP contribution < -0.4 is 10.1 Å². The van der Waals surface area contributed by atoms with Crippen LogP contribution in [-0.4, -0.2) is 20.2 Å². The molecule has 1 aliphatic carbocycles. The van der Waals surface area contributed by atoms with Gasteiger partial charge >= 0.3 is 0 Å². The Morgan fingerprint density at radius 3 is 2.47 bits per heavy atom. The molecule has 0 heterocycles. The average Bonchev–Trinajstić information content (AvgIpc) is 2.42. The van der Waals surface area contributed by atoms with E-state index in [0.717, 1.165) is 29.8 Å². The lowest BCUT2D eigenvalue weighted by Gasteiger charge is -2.37. The van der Waals surface area contributed by atoms with Crippen LogP contribution >= 0.6 is 15.9 Å². The second-order valence-electron chi connectivity index (χ2n) is 5.64. The zero-order chi connectivity index (χ0) is 13.6. The molecule has 19 heavy (non-hydrogen) atoms. The molecule has 2 rings (SSSR count). The molecular weight excluding hydrogens is 302 g/mol. The van der Waals surface area contributed by atoms with Gasteiger partial charge in [-0.3, -0.25) is 0 Å². The lowest BCUT2D eigenvalue weighted by molar-refractivity contribution is 0.136. The first kappa shape index (κ1) is 14.9. The van der Waals surface area contributed by atoms with Crippen molar-refractivity contribution in [2.24, 2.45) is 5.41 Å². The zero-order valence-electron chi connectivity index (χ0n) is 11.8. The van der Waals surface area contributed by atoms with Crippen LogP contribution in [0.5, 0.6) is 5.75 Å². The Morgan fingerprint density at radius 2 is 1.84 bits per heavy atom. The van der Waals surface area contributed by atoms with Crippen molar-refractivity contribution in [3.8, 4) is 5.75 Å². The number of nitrogens with one attached hydrogen (secondary N) is 1. The summed E-state index contributed by atoms with van der Waals surface area (Å²) in [5.41, 5.74) is 0.461. The van der Waals surface area contributed by atoms with Crippen molar-refractivity contribution in [1.82, 2.24) is 5.32 Å². The van der Waals surface area contributed by atoms with Crippen LogP contribution in [0.25, 0.3) is 0 Å². The highest BCUT2D eigenvalue weighted by molar-refractivity contribution is 9.10. The summed E-state index contributed by atoms with van der Waals surface area (Å²) < 4.78 is 6.98. The highest BCUT2D eigenvalue weighted by Crippen LogP contribution is 2.38. The first-order valence-corrected chi connectivity index (χ1v) is 8.06. The monoisotopic (exact) mass is 325 g/mol. The molecular formula is C16H24BrNO. The van der Waals surface area contributed by atoms with Crippen molar-refractivity contribution in [2.45, 2.75) is 38.5 Å². The van der Waals surface area contributed by atoms with Crippen LogP contribution in [0.1, 0.15) is 38.5 Å². The van der Waals surface area contributed by atoms with Crippen molar-refractivity contribution in [3.63, 3.8) is 0 Å². The van der Waals surface area contributed by atoms with Gasteiger partial charge in [0.25, 0.3) is 0 Å². The van der Waals surface area contributed by atoms with Crippen molar-refractivity contribution < 1.29 is 4.74 Å². The van der Waals surface area contributed by atoms with Gasteiger partial charge in [-0.15, -0.1) is 0 Å². The first-order valence-electron chi connectivity index (χ1n) is 7.27. The lowest BCUT2D eigenvalue weighted by atomic mass is 9.72. The third-order valence-corrected chi connectivity index (χ3v) is 4.71. The molecule has 1 aromatic carbocycles. The molecule has 0 spiro atoms. The highest BCUT2D eigenvalue weighted by atomic mass is 79.9. The van der Waals surface area contributed by atoms with Gasteiger partial charge in [-0.05, 0) is 56.0 Å². The molecule has 0 aromatic heterocycles. The van der Waals surface area contributed by atoms with E-state index in [-0.39, 0.29) is 0 Å². The molecule has 0 amide bonds.